The molecule has 0 spiro atoms. The molecule has 1 heterocycles. The summed E-state index contributed by atoms with van der Waals surface area (Å²) in [5, 5.41) is 0. The SMILES string of the molecule is CCC(C)[NH+]1CCN(C(=O)c2ccc(-c3ccccc3)cc2)CC1. The second-order valence-electron chi connectivity index (χ2n) is 6.70. The Hall–Kier alpha value is -2.13. The third-order valence-electron chi connectivity index (χ3n) is 5.24. The van der Waals surface area contributed by atoms with Crippen LogP contribution < -0.4 is 4.90 Å². The highest BCUT2D eigenvalue weighted by molar-refractivity contribution is 5.94. The minimum Gasteiger partial charge on any atom is -0.330 e. The fourth-order valence-corrected chi connectivity index (χ4v) is 3.40. The number of amides is 1. The fraction of sp³-hybridized carbons (Fsp3) is 0.381. The third kappa shape index (κ3) is 3.68. The van der Waals surface area contributed by atoms with Gasteiger partial charge < -0.3 is 9.80 Å². The quantitative estimate of drug-likeness (QED) is 0.919. The van der Waals surface area contributed by atoms with Crippen molar-refractivity contribution in [3.63, 3.8) is 0 Å². The second-order valence-corrected chi connectivity index (χ2v) is 6.70. The summed E-state index contributed by atoms with van der Waals surface area (Å²) in [6.07, 6.45) is 1.20. The maximum Gasteiger partial charge on any atom is 0.254 e. The first-order chi connectivity index (χ1) is 11.7. The van der Waals surface area contributed by atoms with Gasteiger partial charge in [0, 0.05) is 5.56 Å². The van der Waals surface area contributed by atoms with Crippen molar-refractivity contribution in [2.75, 3.05) is 26.2 Å². The number of quaternary nitrogens is 1. The molecule has 3 rings (SSSR count). The normalized spacial score (nSPS) is 16.8. The number of benzene rings is 2. The number of carbonyl (C=O) groups excluding carboxylic acids is 1. The van der Waals surface area contributed by atoms with E-state index in [4.69, 9.17) is 0 Å². The molecular weight excluding hydrogens is 296 g/mol. The summed E-state index contributed by atoms with van der Waals surface area (Å²) >= 11 is 0. The van der Waals surface area contributed by atoms with Crippen LogP contribution in [0.4, 0.5) is 0 Å². The minimum absolute atomic E-state index is 0.165. The van der Waals surface area contributed by atoms with Crippen molar-refractivity contribution in [1.29, 1.82) is 0 Å². The topological polar surface area (TPSA) is 24.8 Å². The smallest absolute Gasteiger partial charge is 0.254 e. The van der Waals surface area contributed by atoms with E-state index in [1.54, 1.807) is 4.90 Å². The molecular formula is C21H27N2O+. The van der Waals surface area contributed by atoms with E-state index in [1.165, 1.54) is 12.0 Å². The van der Waals surface area contributed by atoms with Crippen molar-refractivity contribution in [2.45, 2.75) is 26.3 Å². The van der Waals surface area contributed by atoms with Crippen LogP contribution in [-0.4, -0.2) is 43.0 Å². The molecule has 0 aliphatic carbocycles. The molecule has 1 N–H and O–H groups in total. The van der Waals surface area contributed by atoms with Gasteiger partial charge in [-0.05, 0) is 36.6 Å². The average Bonchev–Trinajstić information content (AvgIpc) is 2.68. The largest absolute Gasteiger partial charge is 0.330 e. The van der Waals surface area contributed by atoms with Gasteiger partial charge >= 0.3 is 0 Å². The monoisotopic (exact) mass is 323 g/mol. The van der Waals surface area contributed by atoms with Gasteiger partial charge in [-0.1, -0.05) is 49.4 Å². The van der Waals surface area contributed by atoms with E-state index in [0.717, 1.165) is 37.3 Å². The highest BCUT2D eigenvalue weighted by Crippen LogP contribution is 2.19. The molecule has 1 saturated heterocycles. The van der Waals surface area contributed by atoms with Gasteiger partial charge in [0.1, 0.15) is 0 Å². The molecule has 3 heteroatoms. The highest BCUT2D eigenvalue weighted by atomic mass is 16.2. The van der Waals surface area contributed by atoms with Gasteiger partial charge in [0.05, 0.1) is 32.2 Å². The van der Waals surface area contributed by atoms with Crippen LogP contribution in [0, 0.1) is 0 Å². The standard InChI is InChI=1S/C21H26N2O/c1-3-17(2)22-13-15-23(16-14-22)21(24)20-11-9-19(10-12-20)18-7-5-4-6-8-18/h4-12,17H,3,13-16H2,1-2H3/p+1. The Labute approximate surface area is 144 Å². The molecule has 126 valence electrons. The van der Waals surface area contributed by atoms with Crippen molar-refractivity contribution in [1.82, 2.24) is 4.90 Å². The Bertz CT molecular complexity index is 658. The molecule has 2 aromatic rings. The Morgan fingerprint density at radius 3 is 2.17 bits per heavy atom. The van der Waals surface area contributed by atoms with Crippen LogP contribution in [0.25, 0.3) is 11.1 Å². The van der Waals surface area contributed by atoms with E-state index >= 15 is 0 Å². The van der Waals surface area contributed by atoms with Gasteiger partial charge in [-0.15, -0.1) is 0 Å². The summed E-state index contributed by atoms with van der Waals surface area (Å²) < 4.78 is 0. The van der Waals surface area contributed by atoms with Crippen LogP contribution in [0.15, 0.2) is 54.6 Å². The van der Waals surface area contributed by atoms with Crippen LogP contribution in [-0.2, 0) is 0 Å². The maximum absolute atomic E-state index is 12.7. The number of rotatable bonds is 4. The summed E-state index contributed by atoms with van der Waals surface area (Å²) in [4.78, 5) is 16.3. The third-order valence-corrected chi connectivity index (χ3v) is 5.24. The molecule has 0 bridgehead atoms. The van der Waals surface area contributed by atoms with E-state index in [2.05, 4.69) is 26.0 Å². The van der Waals surface area contributed by atoms with Crippen LogP contribution in [0.1, 0.15) is 30.6 Å². The zero-order valence-electron chi connectivity index (χ0n) is 14.7. The number of hydrogen-bond acceptors (Lipinski definition) is 1. The number of nitrogens with zero attached hydrogens (tertiary/aromatic N) is 1. The van der Waals surface area contributed by atoms with Crippen LogP contribution in [0.2, 0.25) is 0 Å². The molecule has 0 aromatic heterocycles. The lowest BCUT2D eigenvalue weighted by Gasteiger charge is -2.35. The van der Waals surface area contributed by atoms with Gasteiger partial charge in [-0.25, -0.2) is 0 Å². The second kappa shape index (κ2) is 7.63. The molecule has 0 radical (unpaired) electrons. The summed E-state index contributed by atoms with van der Waals surface area (Å²) in [5.41, 5.74) is 3.13. The lowest BCUT2D eigenvalue weighted by molar-refractivity contribution is -0.927. The van der Waals surface area contributed by atoms with Gasteiger partial charge in [-0.3, -0.25) is 4.79 Å². The zero-order valence-corrected chi connectivity index (χ0v) is 14.7. The lowest BCUT2D eigenvalue weighted by atomic mass is 10.0. The van der Waals surface area contributed by atoms with E-state index in [0.29, 0.717) is 6.04 Å². The van der Waals surface area contributed by atoms with Crippen molar-refractivity contribution in [3.05, 3.63) is 60.2 Å². The first kappa shape index (κ1) is 16.7. The number of hydrogen-bond donors (Lipinski definition) is 1. The molecule has 1 aliphatic rings. The Morgan fingerprint density at radius 2 is 1.58 bits per heavy atom. The highest BCUT2D eigenvalue weighted by Gasteiger charge is 2.26. The summed E-state index contributed by atoms with van der Waals surface area (Å²) in [6.45, 7) is 8.38. The molecule has 1 amide bonds. The van der Waals surface area contributed by atoms with Crippen LogP contribution in [0.3, 0.4) is 0 Å². The van der Waals surface area contributed by atoms with E-state index in [9.17, 15) is 4.79 Å². The van der Waals surface area contributed by atoms with Crippen molar-refractivity contribution < 1.29 is 9.69 Å². The molecule has 1 atom stereocenters. The predicted molar refractivity (Wildman–Crippen MR) is 98.2 cm³/mol. The number of piperazine rings is 1. The van der Waals surface area contributed by atoms with E-state index in [1.807, 2.05) is 47.4 Å². The van der Waals surface area contributed by atoms with Gasteiger partial charge in [0.25, 0.3) is 5.91 Å². The average molecular weight is 323 g/mol. The molecule has 24 heavy (non-hydrogen) atoms. The molecule has 0 saturated carbocycles. The summed E-state index contributed by atoms with van der Waals surface area (Å²) in [6, 6.07) is 19.0. The van der Waals surface area contributed by atoms with Crippen molar-refractivity contribution in [3.8, 4) is 11.1 Å². The maximum atomic E-state index is 12.7. The summed E-state index contributed by atoms with van der Waals surface area (Å²) in [5.74, 6) is 0.165. The molecule has 3 nitrogen and oxygen atoms in total. The zero-order chi connectivity index (χ0) is 16.9. The molecule has 1 unspecified atom stereocenters. The van der Waals surface area contributed by atoms with E-state index < -0.39 is 0 Å². The van der Waals surface area contributed by atoms with Crippen LogP contribution in [0.5, 0.6) is 0 Å². The molecule has 1 aliphatic heterocycles. The van der Waals surface area contributed by atoms with Crippen molar-refractivity contribution in [2.24, 2.45) is 0 Å². The van der Waals surface area contributed by atoms with Gasteiger partial charge in [0.15, 0.2) is 0 Å². The summed E-state index contributed by atoms with van der Waals surface area (Å²) in [7, 11) is 0. The lowest BCUT2D eigenvalue weighted by Crippen LogP contribution is -3.17. The minimum atomic E-state index is 0.165. The molecule has 1 fully saturated rings. The Morgan fingerprint density at radius 1 is 1.00 bits per heavy atom. The molecule has 2 aromatic carbocycles. The fourth-order valence-electron chi connectivity index (χ4n) is 3.40. The first-order valence-electron chi connectivity index (χ1n) is 8.98. The Balaban J connectivity index is 1.64. The van der Waals surface area contributed by atoms with E-state index in [-0.39, 0.29) is 5.91 Å². The van der Waals surface area contributed by atoms with Gasteiger partial charge in [-0.2, -0.15) is 0 Å². The first-order valence-corrected chi connectivity index (χ1v) is 8.98. The van der Waals surface area contributed by atoms with Crippen molar-refractivity contribution >= 4 is 5.91 Å². The number of nitrogens with one attached hydrogen (secondary N) is 1. The number of carbonyl (C=O) groups is 1. The predicted octanol–water partition coefficient (Wildman–Crippen LogP) is 2.49. The van der Waals surface area contributed by atoms with Crippen LogP contribution >= 0.6 is 0 Å². The van der Waals surface area contributed by atoms with Gasteiger partial charge in [0.2, 0.25) is 0 Å². The Kier molecular flexibility index (Phi) is 5.31.